The number of hydrogen-bond donors (Lipinski definition) is 3. The SMILES string of the molecule is CSCC[C@H](N)C(=O)Nc1ccc2c(c1)CCC(=O)N2. The van der Waals surface area contributed by atoms with Crippen LogP contribution in [0.25, 0.3) is 0 Å². The number of amides is 2. The van der Waals surface area contributed by atoms with E-state index in [1.165, 1.54) is 0 Å². The zero-order valence-electron chi connectivity index (χ0n) is 11.4. The topological polar surface area (TPSA) is 84.2 Å². The molecule has 0 fully saturated rings. The number of thioether (sulfide) groups is 1. The largest absolute Gasteiger partial charge is 0.326 e. The Kier molecular flexibility index (Phi) is 5.03. The number of anilines is 2. The van der Waals surface area contributed by atoms with Crippen LogP contribution >= 0.6 is 11.8 Å². The third-order valence-electron chi connectivity index (χ3n) is 3.24. The third-order valence-corrected chi connectivity index (χ3v) is 3.88. The van der Waals surface area contributed by atoms with Crippen molar-refractivity contribution in [3.05, 3.63) is 23.8 Å². The van der Waals surface area contributed by atoms with E-state index in [0.717, 1.165) is 22.7 Å². The van der Waals surface area contributed by atoms with Gasteiger partial charge in [-0.2, -0.15) is 11.8 Å². The Labute approximate surface area is 122 Å². The molecule has 0 saturated heterocycles. The lowest BCUT2D eigenvalue weighted by Gasteiger charge is -2.18. The second kappa shape index (κ2) is 6.76. The number of carbonyl (C=O) groups is 2. The van der Waals surface area contributed by atoms with Crippen LogP contribution in [0.5, 0.6) is 0 Å². The first-order valence-electron chi connectivity index (χ1n) is 6.58. The summed E-state index contributed by atoms with van der Waals surface area (Å²) in [6.07, 6.45) is 3.83. The first-order valence-corrected chi connectivity index (χ1v) is 7.97. The molecule has 0 bridgehead atoms. The van der Waals surface area contributed by atoms with E-state index in [2.05, 4.69) is 10.6 Å². The van der Waals surface area contributed by atoms with Gasteiger partial charge in [0.2, 0.25) is 11.8 Å². The minimum absolute atomic E-state index is 0.0355. The Hall–Kier alpha value is -1.53. The Morgan fingerprint density at radius 1 is 1.50 bits per heavy atom. The Morgan fingerprint density at radius 3 is 3.05 bits per heavy atom. The van der Waals surface area contributed by atoms with Gasteiger partial charge in [-0.25, -0.2) is 0 Å². The van der Waals surface area contributed by atoms with E-state index in [4.69, 9.17) is 5.73 Å². The number of nitrogens with one attached hydrogen (secondary N) is 2. The number of fused-ring (bicyclic) bond motifs is 1. The molecule has 1 aromatic carbocycles. The van der Waals surface area contributed by atoms with E-state index in [1.54, 1.807) is 17.8 Å². The molecule has 2 rings (SSSR count). The summed E-state index contributed by atoms with van der Waals surface area (Å²) in [6, 6.07) is 5.01. The molecule has 2 amide bonds. The molecule has 0 aliphatic carbocycles. The molecule has 4 N–H and O–H groups in total. The second-order valence-electron chi connectivity index (χ2n) is 4.80. The summed E-state index contributed by atoms with van der Waals surface area (Å²) in [5.41, 5.74) is 8.42. The van der Waals surface area contributed by atoms with Crippen LogP contribution in [0.4, 0.5) is 11.4 Å². The number of hydrogen-bond acceptors (Lipinski definition) is 4. The minimum Gasteiger partial charge on any atom is -0.326 e. The predicted octanol–water partition coefficient (Wildman–Crippen LogP) is 1.59. The normalized spacial score (nSPS) is 15.2. The van der Waals surface area contributed by atoms with Crippen molar-refractivity contribution >= 4 is 35.0 Å². The fourth-order valence-corrected chi connectivity index (χ4v) is 2.56. The van der Waals surface area contributed by atoms with Crippen LogP contribution in [0.15, 0.2) is 18.2 Å². The molecule has 5 nitrogen and oxygen atoms in total. The molecule has 0 radical (unpaired) electrons. The monoisotopic (exact) mass is 293 g/mol. The molecule has 1 heterocycles. The van der Waals surface area contributed by atoms with Crippen molar-refractivity contribution < 1.29 is 9.59 Å². The lowest BCUT2D eigenvalue weighted by atomic mass is 10.0. The number of benzene rings is 1. The van der Waals surface area contributed by atoms with Crippen molar-refractivity contribution in [3.63, 3.8) is 0 Å². The number of aryl methyl sites for hydroxylation is 1. The smallest absolute Gasteiger partial charge is 0.241 e. The molecular weight excluding hydrogens is 274 g/mol. The van der Waals surface area contributed by atoms with Crippen molar-refractivity contribution in [3.8, 4) is 0 Å². The maximum absolute atomic E-state index is 11.9. The molecule has 1 atom stereocenters. The van der Waals surface area contributed by atoms with Crippen molar-refractivity contribution in [1.82, 2.24) is 0 Å². The quantitative estimate of drug-likeness (QED) is 0.769. The van der Waals surface area contributed by atoms with E-state index in [9.17, 15) is 9.59 Å². The van der Waals surface area contributed by atoms with E-state index in [0.29, 0.717) is 19.3 Å². The zero-order chi connectivity index (χ0) is 14.5. The van der Waals surface area contributed by atoms with Crippen LogP contribution in [-0.2, 0) is 16.0 Å². The van der Waals surface area contributed by atoms with E-state index in [-0.39, 0.29) is 11.8 Å². The van der Waals surface area contributed by atoms with Crippen molar-refractivity contribution in [2.24, 2.45) is 5.73 Å². The summed E-state index contributed by atoms with van der Waals surface area (Å²) in [5, 5.41) is 5.64. The molecule has 1 aliphatic rings. The average molecular weight is 293 g/mol. The van der Waals surface area contributed by atoms with Gasteiger partial charge >= 0.3 is 0 Å². The van der Waals surface area contributed by atoms with Crippen LogP contribution in [0, 0.1) is 0 Å². The Bertz CT molecular complexity index is 519. The first-order chi connectivity index (χ1) is 9.60. The highest BCUT2D eigenvalue weighted by atomic mass is 32.2. The Morgan fingerprint density at radius 2 is 2.30 bits per heavy atom. The summed E-state index contributed by atoms with van der Waals surface area (Å²) < 4.78 is 0. The van der Waals surface area contributed by atoms with Crippen LogP contribution in [0.2, 0.25) is 0 Å². The molecule has 108 valence electrons. The van der Waals surface area contributed by atoms with Crippen molar-refractivity contribution in [2.75, 3.05) is 22.6 Å². The molecule has 0 aromatic heterocycles. The molecule has 0 spiro atoms. The first kappa shape index (κ1) is 14.9. The van der Waals surface area contributed by atoms with Crippen molar-refractivity contribution in [1.29, 1.82) is 0 Å². The van der Waals surface area contributed by atoms with Gasteiger partial charge in [0.25, 0.3) is 0 Å². The number of rotatable bonds is 5. The summed E-state index contributed by atoms with van der Waals surface area (Å²) in [6.45, 7) is 0. The molecule has 1 aliphatic heterocycles. The van der Waals surface area contributed by atoms with Crippen LogP contribution in [0.3, 0.4) is 0 Å². The highest BCUT2D eigenvalue weighted by molar-refractivity contribution is 7.98. The molecule has 1 aromatic rings. The Balaban J connectivity index is 2.00. The molecular formula is C14H19N3O2S. The maximum Gasteiger partial charge on any atom is 0.241 e. The fraction of sp³-hybridized carbons (Fsp3) is 0.429. The standard InChI is InChI=1S/C14H19N3O2S/c1-20-7-6-11(15)14(19)16-10-3-4-12-9(8-10)2-5-13(18)17-12/h3-4,8,11H,2,5-7,15H2,1H3,(H,16,19)(H,17,18)/t11-/m0/s1. The summed E-state index contributed by atoms with van der Waals surface area (Å²) in [7, 11) is 0. The highest BCUT2D eigenvalue weighted by Gasteiger charge is 2.17. The van der Waals surface area contributed by atoms with Gasteiger partial charge in [0, 0.05) is 17.8 Å². The third kappa shape index (κ3) is 3.74. The van der Waals surface area contributed by atoms with Gasteiger partial charge in [0.05, 0.1) is 6.04 Å². The minimum atomic E-state index is -0.488. The van der Waals surface area contributed by atoms with E-state index >= 15 is 0 Å². The summed E-state index contributed by atoms with van der Waals surface area (Å²) in [5.74, 6) is 0.734. The highest BCUT2D eigenvalue weighted by Crippen LogP contribution is 2.25. The fourth-order valence-electron chi connectivity index (χ4n) is 2.07. The zero-order valence-corrected chi connectivity index (χ0v) is 12.3. The molecule has 6 heteroatoms. The van der Waals surface area contributed by atoms with Gasteiger partial charge in [-0.05, 0) is 48.6 Å². The number of carbonyl (C=O) groups excluding carboxylic acids is 2. The molecule has 0 unspecified atom stereocenters. The van der Waals surface area contributed by atoms with Gasteiger partial charge in [0.15, 0.2) is 0 Å². The van der Waals surface area contributed by atoms with Crippen LogP contribution in [0.1, 0.15) is 18.4 Å². The van der Waals surface area contributed by atoms with Gasteiger partial charge in [-0.3, -0.25) is 9.59 Å². The molecule has 20 heavy (non-hydrogen) atoms. The summed E-state index contributed by atoms with van der Waals surface area (Å²) >= 11 is 1.67. The summed E-state index contributed by atoms with van der Waals surface area (Å²) in [4.78, 5) is 23.2. The van der Waals surface area contributed by atoms with Gasteiger partial charge in [-0.1, -0.05) is 0 Å². The number of nitrogens with two attached hydrogens (primary N) is 1. The van der Waals surface area contributed by atoms with Crippen molar-refractivity contribution in [2.45, 2.75) is 25.3 Å². The van der Waals surface area contributed by atoms with Crippen LogP contribution in [-0.4, -0.2) is 29.9 Å². The molecule has 0 saturated carbocycles. The van der Waals surface area contributed by atoms with Gasteiger partial charge in [0.1, 0.15) is 0 Å². The van der Waals surface area contributed by atoms with E-state index < -0.39 is 6.04 Å². The maximum atomic E-state index is 11.9. The lowest BCUT2D eigenvalue weighted by Crippen LogP contribution is -2.36. The second-order valence-corrected chi connectivity index (χ2v) is 5.78. The predicted molar refractivity (Wildman–Crippen MR) is 83.0 cm³/mol. The van der Waals surface area contributed by atoms with Gasteiger partial charge < -0.3 is 16.4 Å². The van der Waals surface area contributed by atoms with E-state index in [1.807, 2.05) is 18.4 Å². The van der Waals surface area contributed by atoms with Gasteiger partial charge in [-0.15, -0.1) is 0 Å². The van der Waals surface area contributed by atoms with Crippen LogP contribution < -0.4 is 16.4 Å². The average Bonchev–Trinajstić information content (AvgIpc) is 2.44. The lowest BCUT2D eigenvalue weighted by molar-refractivity contribution is -0.117.